The van der Waals surface area contributed by atoms with Crippen LogP contribution in [-0.4, -0.2) is 32.5 Å². The van der Waals surface area contributed by atoms with E-state index in [-0.39, 0.29) is 11.2 Å². The van der Waals surface area contributed by atoms with Crippen molar-refractivity contribution in [3.05, 3.63) is 54.4 Å². The molecule has 0 bridgehead atoms. The van der Waals surface area contributed by atoms with Crippen LogP contribution in [0.5, 0.6) is 0 Å². The number of hydrogen-bond donors (Lipinski definition) is 1. The standard InChI is InChI=1S/C16H20N4OS/c1-4-10-17-15(21)12(2)22-16-19-18-14(20(16)3)11-13-8-6-5-7-9-13/h4-9,12H,1,10-11H2,2-3H3,(H,17,21)/t12-/m0/s1. The predicted octanol–water partition coefficient (Wildman–Crippen LogP) is 2.19. The smallest absolute Gasteiger partial charge is 0.233 e. The first-order chi connectivity index (χ1) is 10.6. The summed E-state index contributed by atoms with van der Waals surface area (Å²) in [6, 6.07) is 10.1. The molecule has 0 aliphatic rings. The Hall–Kier alpha value is -2.08. The van der Waals surface area contributed by atoms with Gasteiger partial charge in [-0.05, 0) is 12.5 Å². The molecule has 1 aromatic heterocycles. The van der Waals surface area contributed by atoms with Gasteiger partial charge in [-0.15, -0.1) is 16.8 Å². The third-order valence-electron chi connectivity index (χ3n) is 3.20. The number of nitrogens with zero attached hydrogens (tertiary/aromatic N) is 3. The largest absolute Gasteiger partial charge is 0.352 e. The minimum absolute atomic E-state index is 0.0301. The third-order valence-corrected chi connectivity index (χ3v) is 4.34. The molecule has 0 radical (unpaired) electrons. The molecule has 2 rings (SSSR count). The minimum atomic E-state index is -0.229. The van der Waals surface area contributed by atoms with Crippen LogP contribution in [0.1, 0.15) is 18.3 Å². The summed E-state index contributed by atoms with van der Waals surface area (Å²) in [6.07, 6.45) is 2.39. The van der Waals surface area contributed by atoms with E-state index in [1.54, 1.807) is 6.08 Å². The van der Waals surface area contributed by atoms with Crippen LogP contribution >= 0.6 is 11.8 Å². The van der Waals surface area contributed by atoms with Crippen LogP contribution in [-0.2, 0) is 18.3 Å². The molecule has 2 aromatic rings. The Morgan fingerprint density at radius 3 is 2.82 bits per heavy atom. The zero-order valence-electron chi connectivity index (χ0n) is 12.8. The van der Waals surface area contributed by atoms with E-state index >= 15 is 0 Å². The summed E-state index contributed by atoms with van der Waals surface area (Å²) in [4.78, 5) is 11.9. The maximum Gasteiger partial charge on any atom is 0.233 e. The van der Waals surface area contributed by atoms with Gasteiger partial charge in [0.25, 0.3) is 0 Å². The van der Waals surface area contributed by atoms with Gasteiger partial charge in [0, 0.05) is 20.0 Å². The lowest BCUT2D eigenvalue weighted by Gasteiger charge is -2.10. The molecule has 0 saturated carbocycles. The van der Waals surface area contributed by atoms with E-state index in [1.807, 2.05) is 36.7 Å². The lowest BCUT2D eigenvalue weighted by atomic mass is 10.1. The number of carbonyl (C=O) groups excluding carboxylic acids is 1. The fraction of sp³-hybridized carbons (Fsp3) is 0.312. The maximum absolute atomic E-state index is 11.9. The van der Waals surface area contributed by atoms with E-state index in [1.165, 1.54) is 17.3 Å². The van der Waals surface area contributed by atoms with E-state index in [0.717, 1.165) is 17.4 Å². The number of benzene rings is 1. The molecular formula is C16H20N4OS. The molecule has 22 heavy (non-hydrogen) atoms. The fourth-order valence-electron chi connectivity index (χ4n) is 1.91. The van der Waals surface area contributed by atoms with Crippen LogP contribution in [0.25, 0.3) is 0 Å². The Labute approximate surface area is 134 Å². The van der Waals surface area contributed by atoms with Gasteiger partial charge in [-0.2, -0.15) is 0 Å². The van der Waals surface area contributed by atoms with Gasteiger partial charge in [0.15, 0.2) is 5.16 Å². The lowest BCUT2D eigenvalue weighted by Crippen LogP contribution is -2.31. The van der Waals surface area contributed by atoms with E-state index in [0.29, 0.717) is 6.54 Å². The van der Waals surface area contributed by atoms with Gasteiger partial charge >= 0.3 is 0 Å². The number of rotatable bonds is 7. The lowest BCUT2D eigenvalue weighted by molar-refractivity contribution is -0.120. The second-order valence-electron chi connectivity index (χ2n) is 4.91. The predicted molar refractivity (Wildman–Crippen MR) is 88.8 cm³/mol. The Kier molecular flexibility index (Phi) is 5.77. The Bertz CT molecular complexity index is 639. The van der Waals surface area contributed by atoms with Crippen molar-refractivity contribution in [3.8, 4) is 0 Å². The van der Waals surface area contributed by atoms with Crippen molar-refractivity contribution >= 4 is 17.7 Å². The number of hydrogen-bond acceptors (Lipinski definition) is 4. The maximum atomic E-state index is 11.9. The van der Waals surface area contributed by atoms with Gasteiger partial charge in [0.2, 0.25) is 5.91 Å². The first kappa shape index (κ1) is 16.3. The molecule has 1 amide bonds. The Morgan fingerprint density at radius 1 is 1.41 bits per heavy atom. The summed E-state index contributed by atoms with van der Waals surface area (Å²) in [5.74, 6) is 0.852. The molecular weight excluding hydrogens is 296 g/mol. The molecule has 0 saturated heterocycles. The van der Waals surface area contributed by atoms with Gasteiger partial charge in [0.1, 0.15) is 5.82 Å². The molecule has 0 unspecified atom stereocenters. The van der Waals surface area contributed by atoms with Crippen molar-refractivity contribution in [2.45, 2.75) is 23.8 Å². The number of aromatic nitrogens is 3. The molecule has 6 heteroatoms. The molecule has 0 aliphatic heterocycles. The average molecular weight is 316 g/mol. The number of amides is 1. The van der Waals surface area contributed by atoms with Crippen LogP contribution in [0.4, 0.5) is 0 Å². The average Bonchev–Trinajstić information content (AvgIpc) is 2.86. The Balaban J connectivity index is 2.01. The molecule has 116 valence electrons. The summed E-state index contributed by atoms with van der Waals surface area (Å²) in [7, 11) is 1.93. The van der Waals surface area contributed by atoms with Crippen molar-refractivity contribution in [1.29, 1.82) is 0 Å². The van der Waals surface area contributed by atoms with Crippen molar-refractivity contribution in [2.75, 3.05) is 6.54 Å². The highest BCUT2D eigenvalue weighted by molar-refractivity contribution is 8.00. The first-order valence-electron chi connectivity index (χ1n) is 7.09. The van der Waals surface area contributed by atoms with E-state index in [9.17, 15) is 4.79 Å². The van der Waals surface area contributed by atoms with E-state index in [4.69, 9.17) is 0 Å². The highest BCUT2D eigenvalue weighted by atomic mass is 32.2. The highest BCUT2D eigenvalue weighted by Crippen LogP contribution is 2.22. The van der Waals surface area contributed by atoms with Gasteiger partial charge in [-0.25, -0.2) is 0 Å². The summed E-state index contributed by atoms with van der Waals surface area (Å²) < 4.78 is 1.94. The summed E-state index contributed by atoms with van der Waals surface area (Å²) in [5.41, 5.74) is 1.19. The first-order valence-corrected chi connectivity index (χ1v) is 7.97. The molecule has 0 aliphatic carbocycles. The van der Waals surface area contributed by atoms with Crippen LogP contribution in [0.15, 0.2) is 48.1 Å². The van der Waals surface area contributed by atoms with Gasteiger partial charge in [-0.3, -0.25) is 4.79 Å². The van der Waals surface area contributed by atoms with Crippen LogP contribution in [0.2, 0.25) is 0 Å². The summed E-state index contributed by atoms with van der Waals surface area (Å²) in [5, 5.41) is 11.7. The summed E-state index contributed by atoms with van der Waals surface area (Å²) >= 11 is 1.40. The van der Waals surface area contributed by atoms with Gasteiger partial charge in [-0.1, -0.05) is 48.2 Å². The molecule has 0 fully saturated rings. The zero-order chi connectivity index (χ0) is 15.9. The van der Waals surface area contributed by atoms with Crippen molar-refractivity contribution in [2.24, 2.45) is 7.05 Å². The van der Waals surface area contributed by atoms with Crippen LogP contribution in [0.3, 0.4) is 0 Å². The summed E-state index contributed by atoms with van der Waals surface area (Å²) in [6.45, 7) is 5.92. The second-order valence-corrected chi connectivity index (χ2v) is 6.22. The molecule has 1 aromatic carbocycles. The van der Waals surface area contributed by atoms with E-state index in [2.05, 4.69) is 34.2 Å². The molecule has 1 N–H and O–H groups in total. The number of carbonyl (C=O) groups is 1. The quantitative estimate of drug-likeness (QED) is 0.628. The van der Waals surface area contributed by atoms with Crippen molar-refractivity contribution < 1.29 is 4.79 Å². The van der Waals surface area contributed by atoms with Gasteiger partial charge in [0.05, 0.1) is 5.25 Å². The SMILES string of the molecule is C=CCNC(=O)[C@H](C)Sc1nnc(Cc2ccccc2)n1C. The van der Waals surface area contributed by atoms with E-state index < -0.39 is 0 Å². The fourth-order valence-corrected chi connectivity index (χ4v) is 2.77. The van der Waals surface area contributed by atoms with Crippen molar-refractivity contribution in [1.82, 2.24) is 20.1 Å². The molecule has 5 nitrogen and oxygen atoms in total. The van der Waals surface area contributed by atoms with Crippen molar-refractivity contribution in [3.63, 3.8) is 0 Å². The number of thioether (sulfide) groups is 1. The molecule has 1 heterocycles. The highest BCUT2D eigenvalue weighted by Gasteiger charge is 2.18. The Morgan fingerprint density at radius 2 is 2.14 bits per heavy atom. The topological polar surface area (TPSA) is 59.8 Å². The molecule has 1 atom stereocenters. The second kappa shape index (κ2) is 7.79. The minimum Gasteiger partial charge on any atom is -0.352 e. The van der Waals surface area contributed by atoms with Crippen LogP contribution < -0.4 is 5.32 Å². The number of nitrogens with one attached hydrogen (secondary N) is 1. The third kappa shape index (κ3) is 4.21. The normalized spacial score (nSPS) is 11.9. The zero-order valence-corrected chi connectivity index (χ0v) is 13.6. The molecule has 0 spiro atoms. The van der Waals surface area contributed by atoms with Crippen LogP contribution in [0, 0.1) is 0 Å². The monoisotopic (exact) mass is 316 g/mol. The van der Waals surface area contributed by atoms with Gasteiger partial charge < -0.3 is 9.88 Å².